The second kappa shape index (κ2) is 21.3. The standard InChI is InChI=1S/C43H75N3O8/c1-5-6-7-8-9-10-11-12-25-51-37(47)16-13-29(2)32-14-15-33-41-34(28-36(43(32,33)4)54-40(50)20-24-46)42(3)21-17-31(52-38(48)18-22-44)26-30(42)27-35(41)53-39(49)19-23-45/h29-36,41H,5-28,44-46H2,1-4H3/t29-,30?,31-,32?,33+,34+,35-,36+,41?,42+,43-/m1/s1. The van der Waals surface area contributed by atoms with E-state index in [1.807, 2.05) is 0 Å². The first-order chi connectivity index (χ1) is 25.9. The minimum atomic E-state index is -0.372. The third-order valence-corrected chi connectivity index (χ3v) is 14.4. The van der Waals surface area contributed by atoms with Gasteiger partial charge in [0.2, 0.25) is 0 Å². The van der Waals surface area contributed by atoms with Crippen LogP contribution in [-0.4, -0.2) is 68.4 Å². The van der Waals surface area contributed by atoms with Gasteiger partial charge in [-0.05, 0) is 92.8 Å². The van der Waals surface area contributed by atoms with Crippen molar-refractivity contribution < 1.29 is 38.1 Å². The van der Waals surface area contributed by atoms with E-state index in [1.54, 1.807) is 0 Å². The molecule has 0 heterocycles. The number of rotatable bonds is 22. The number of nitrogens with two attached hydrogens (primary N) is 3. The van der Waals surface area contributed by atoms with E-state index in [9.17, 15) is 19.2 Å². The Bertz CT molecular complexity index is 1220. The zero-order chi connectivity index (χ0) is 39.3. The minimum Gasteiger partial charge on any atom is -0.466 e. The lowest BCUT2D eigenvalue weighted by atomic mass is 9.43. The van der Waals surface area contributed by atoms with Crippen LogP contribution < -0.4 is 17.2 Å². The number of ether oxygens (including phenoxy) is 4. The maximum Gasteiger partial charge on any atom is 0.307 e. The van der Waals surface area contributed by atoms with Crippen LogP contribution in [0.2, 0.25) is 0 Å². The molecule has 0 aromatic heterocycles. The van der Waals surface area contributed by atoms with Crippen LogP contribution in [0.5, 0.6) is 0 Å². The molecule has 310 valence electrons. The molecule has 0 aromatic carbocycles. The van der Waals surface area contributed by atoms with Crippen LogP contribution in [0.3, 0.4) is 0 Å². The number of hydrogen-bond donors (Lipinski definition) is 3. The van der Waals surface area contributed by atoms with Crippen molar-refractivity contribution in [1.82, 2.24) is 0 Å². The van der Waals surface area contributed by atoms with E-state index in [1.165, 1.54) is 38.5 Å². The molecule has 0 spiro atoms. The Morgan fingerprint density at radius 3 is 1.94 bits per heavy atom. The van der Waals surface area contributed by atoms with E-state index in [0.29, 0.717) is 38.7 Å². The fraction of sp³-hybridized carbons (Fsp3) is 0.907. The minimum absolute atomic E-state index is 0.0904. The number of carbonyl (C=O) groups is 4. The molecule has 6 N–H and O–H groups in total. The molecular weight excluding hydrogens is 686 g/mol. The van der Waals surface area contributed by atoms with Crippen LogP contribution in [0.15, 0.2) is 0 Å². The van der Waals surface area contributed by atoms with Gasteiger partial charge in [0, 0.05) is 37.4 Å². The van der Waals surface area contributed by atoms with Crippen molar-refractivity contribution >= 4 is 23.9 Å². The van der Waals surface area contributed by atoms with E-state index in [2.05, 4.69) is 27.7 Å². The van der Waals surface area contributed by atoms with Crippen LogP contribution in [0.4, 0.5) is 0 Å². The molecule has 3 unspecified atom stereocenters. The summed E-state index contributed by atoms with van der Waals surface area (Å²) in [5.41, 5.74) is 16.8. The van der Waals surface area contributed by atoms with Crippen molar-refractivity contribution in [2.24, 2.45) is 63.5 Å². The van der Waals surface area contributed by atoms with E-state index in [0.717, 1.165) is 38.5 Å². The van der Waals surface area contributed by atoms with E-state index >= 15 is 0 Å². The number of fused-ring (bicyclic) bond motifs is 5. The van der Waals surface area contributed by atoms with E-state index in [4.69, 9.17) is 36.1 Å². The summed E-state index contributed by atoms with van der Waals surface area (Å²) in [6, 6.07) is 0. The zero-order valence-electron chi connectivity index (χ0n) is 34.2. The van der Waals surface area contributed by atoms with Gasteiger partial charge in [-0.2, -0.15) is 0 Å². The first-order valence-electron chi connectivity index (χ1n) is 21.8. The van der Waals surface area contributed by atoms with Crippen molar-refractivity contribution in [3.05, 3.63) is 0 Å². The molecule has 0 radical (unpaired) electrons. The molecule has 4 fully saturated rings. The molecule has 0 aromatic rings. The van der Waals surface area contributed by atoms with E-state index < -0.39 is 0 Å². The van der Waals surface area contributed by atoms with Crippen molar-refractivity contribution in [3.63, 3.8) is 0 Å². The summed E-state index contributed by atoms with van der Waals surface area (Å²) in [7, 11) is 0. The molecule has 0 aliphatic heterocycles. The van der Waals surface area contributed by atoms with Crippen LogP contribution in [0.1, 0.15) is 156 Å². The van der Waals surface area contributed by atoms with Crippen LogP contribution in [0, 0.1) is 46.3 Å². The van der Waals surface area contributed by atoms with Gasteiger partial charge in [-0.25, -0.2) is 0 Å². The largest absolute Gasteiger partial charge is 0.466 e. The summed E-state index contributed by atoms with van der Waals surface area (Å²) in [6.45, 7) is 10.3. The Kier molecular flexibility index (Phi) is 17.6. The number of carbonyl (C=O) groups excluding carboxylic acids is 4. The predicted molar refractivity (Wildman–Crippen MR) is 209 cm³/mol. The molecule has 4 rings (SSSR count). The highest BCUT2D eigenvalue weighted by Crippen LogP contribution is 2.69. The average Bonchev–Trinajstić information content (AvgIpc) is 3.49. The SMILES string of the molecule is CCCCCCCCCCOC(=O)CC[C@@H](C)C1CC[C@H]2C3[C@H](OC(=O)CCN)CC4C[C@H](OC(=O)CCN)CC[C@]4(C)[C@H]3C[C@H](OC(=O)CCN)[C@]12C. The third kappa shape index (κ3) is 11.0. The van der Waals surface area contributed by atoms with Crippen molar-refractivity contribution in [1.29, 1.82) is 0 Å². The molecule has 0 saturated heterocycles. The maximum atomic E-state index is 13.3. The fourth-order valence-corrected chi connectivity index (χ4v) is 11.6. The van der Waals surface area contributed by atoms with E-state index in [-0.39, 0.29) is 127 Å². The Morgan fingerprint density at radius 2 is 1.30 bits per heavy atom. The fourth-order valence-electron chi connectivity index (χ4n) is 11.6. The monoisotopic (exact) mass is 762 g/mol. The molecular formula is C43H75N3O8. The van der Waals surface area contributed by atoms with Gasteiger partial charge in [0.1, 0.15) is 18.3 Å². The molecule has 4 aliphatic carbocycles. The lowest BCUT2D eigenvalue weighted by molar-refractivity contribution is -0.225. The number of hydrogen-bond acceptors (Lipinski definition) is 11. The van der Waals surface area contributed by atoms with Gasteiger partial charge in [-0.1, -0.05) is 72.6 Å². The Morgan fingerprint density at radius 1 is 0.685 bits per heavy atom. The van der Waals surface area contributed by atoms with Crippen molar-refractivity contribution in [2.45, 2.75) is 174 Å². The summed E-state index contributed by atoms with van der Waals surface area (Å²) >= 11 is 0. The maximum absolute atomic E-state index is 13.3. The second-order valence-corrected chi connectivity index (χ2v) is 17.7. The van der Waals surface area contributed by atoms with Gasteiger partial charge in [0.05, 0.1) is 25.9 Å². The average molecular weight is 762 g/mol. The normalized spacial score (nSPS) is 33.5. The van der Waals surface area contributed by atoms with Crippen LogP contribution in [0.25, 0.3) is 0 Å². The highest BCUT2D eigenvalue weighted by atomic mass is 16.6. The smallest absolute Gasteiger partial charge is 0.307 e. The van der Waals surface area contributed by atoms with Crippen molar-refractivity contribution in [3.8, 4) is 0 Å². The number of unbranched alkanes of at least 4 members (excludes halogenated alkanes) is 7. The number of esters is 4. The van der Waals surface area contributed by atoms with Crippen LogP contribution >= 0.6 is 0 Å². The second-order valence-electron chi connectivity index (χ2n) is 17.7. The summed E-state index contributed by atoms with van der Waals surface area (Å²) in [4.78, 5) is 51.7. The summed E-state index contributed by atoms with van der Waals surface area (Å²) in [6.07, 6.45) is 15.9. The predicted octanol–water partition coefficient (Wildman–Crippen LogP) is 6.75. The Balaban J connectivity index is 1.50. The Hall–Kier alpha value is -2.24. The Labute approximate surface area is 325 Å². The lowest BCUT2D eigenvalue weighted by Crippen LogP contribution is -2.63. The molecule has 4 saturated carbocycles. The lowest BCUT2D eigenvalue weighted by Gasteiger charge is -2.64. The van der Waals surface area contributed by atoms with Gasteiger partial charge < -0.3 is 36.1 Å². The molecule has 0 amide bonds. The molecule has 4 aliphatic rings. The topological polar surface area (TPSA) is 183 Å². The molecule has 11 atom stereocenters. The van der Waals surface area contributed by atoms with Crippen molar-refractivity contribution in [2.75, 3.05) is 26.2 Å². The molecule has 11 nitrogen and oxygen atoms in total. The summed E-state index contributed by atoms with van der Waals surface area (Å²) < 4.78 is 24.4. The van der Waals surface area contributed by atoms with Gasteiger partial charge >= 0.3 is 23.9 Å². The quantitative estimate of drug-likeness (QED) is 0.0603. The molecule has 11 heteroatoms. The highest BCUT2D eigenvalue weighted by molar-refractivity contribution is 5.71. The van der Waals surface area contributed by atoms with Gasteiger partial charge in [0.25, 0.3) is 0 Å². The summed E-state index contributed by atoms with van der Waals surface area (Å²) in [5.74, 6) is -0.000836. The van der Waals surface area contributed by atoms with Gasteiger partial charge in [-0.15, -0.1) is 0 Å². The van der Waals surface area contributed by atoms with Gasteiger partial charge in [-0.3, -0.25) is 19.2 Å². The molecule has 54 heavy (non-hydrogen) atoms. The third-order valence-electron chi connectivity index (χ3n) is 14.4. The molecule has 0 bridgehead atoms. The first kappa shape index (κ1) is 44.5. The first-order valence-corrected chi connectivity index (χ1v) is 21.8. The zero-order valence-corrected chi connectivity index (χ0v) is 34.2. The summed E-state index contributed by atoms with van der Waals surface area (Å²) in [5, 5.41) is 0. The van der Waals surface area contributed by atoms with Crippen LogP contribution in [-0.2, 0) is 38.1 Å². The highest BCUT2D eigenvalue weighted by Gasteiger charge is 2.67. The van der Waals surface area contributed by atoms with Gasteiger partial charge in [0.15, 0.2) is 0 Å².